The molecule has 0 bridgehead atoms. The summed E-state index contributed by atoms with van der Waals surface area (Å²) in [7, 11) is 0. The molecule has 1 unspecified atom stereocenters. The number of nitrogens with zero attached hydrogens (tertiary/aromatic N) is 5. The summed E-state index contributed by atoms with van der Waals surface area (Å²) in [6, 6.07) is 12.7. The fraction of sp³-hybridized carbons (Fsp3) is 0.160. The Bertz CT molecular complexity index is 1330. The molecule has 8 heteroatoms. The maximum Gasteiger partial charge on any atom is 0.256 e. The molecule has 1 aromatic carbocycles. The van der Waals surface area contributed by atoms with Crippen LogP contribution in [-0.2, 0) is 4.79 Å². The monoisotopic (exact) mass is 438 g/mol. The van der Waals surface area contributed by atoms with Crippen molar-refractivity contribution in [1.29, 1.82) is 0 Å². The van der Waals surface area contributed by atoms with Crippen molar-refractivity contribution in [2.24, 2.45) is 0 Å². The highest BCUT2D eigenvalue weighted by atomic mass is 16.2. The topological polar surface area (TPSA) is 92.5 Å². The normalized spacial score (nSPS) is 15.5. The number of hydrogen-bond acceptors (Lipinski definition) is 5. The van der Waals surface area contributed by atoms with Gasteiger partial charge >= 0.3 is 0 Å². The van der Waals surface area contributed by atoms with Gasteiger partial charge in [0.2, 0.25) is 5.91 Å². The number of likely N-dealkylation sites (tertiary alicyclic amines) is 1. The number of carbonyl (C=O) groups is 2. The third-order valence-corrected chi connectivity index (χ3v) is 5.84. The average molecular weight is 438 g/mol. The zero-order valence-corrected chi connectivity index (χ0v) is 17.9. The van der Waals surface area contributed by atoms with Gasteiger partial charge in [0.1, 0.15) is 11.6 Å². The molecule has 0 spiro atoms. The van der Waals surface area contributed by atoms with Crippen molar-refractivity contribution < 1.29 is 9.59 Å². The lowest BCUT2D eigenvalue weighted by molar-refractivity contribution is -0.125. The first-order chi connectivity index (χ1) is 16.1. The Kier molecular flexibility index (Phi) is 5.40. The van der Waals surface area contributed by atoms with Gasteiger partial charge in [0.25, 0.3) is 5.91 Å². The van der Waals surface area contributed by atoms with Crippen LogP contribution in [0.5, 0.6) is 0 Å². The quantitative estimate of drug-likeness (QED) is 0.481. The lowest BCUT2D eigenvalue weighted by Gasteiger charge is -2.13. The summed E-state index contributed by atoms with van der Waals surface area (Å²) >= 11 is 0. The molecule has 1 aliphatic heterocycles. The minimum absolute atomic E-state index is 0.0557. The summed E-state index contributed by atoms with van der Waals surface area (Å²) in [5.74, 6) is 1.25. The van der Waals surface area contributed by atoms with E-state index < -0.39 is 0 Å². The standard InChI is InChI=1S/C25H22N6O2/c1-2-22(32)30-13-10-19(16-30)24-29-23(20-15-26-12-14-31(20)24)17-6-8-18(9-7-17)25(33)28-21-5-3-4-11-27-21/h2-9,11-12,14-15,19H,1,10,13,16H2,(H,27,28,33). The Morgan fingerprint density at radius 3 is 2.73 bits per heavy atom. The maximum atomic E-state index is 12.5. The van der Waals surface area contributed by atoms with Gasteiger partial charge in [0.05, 0.1) is 17.4 Å². The molecule has 1 saturated heterocycles. The van der Waals surface area contributed by atoms with Crippen molar-refractivity contribution in [3.63, 3.8) is 0 Å². The summed E-state index contributed by atoms with van der Waals surface area (Å²) < 4.78 is 2.04. The Morgan fingerprint density at radius 2 is 1.97 bits per heavy atom. The largest absolute Gasteiger partial charge is 0.338 e. The Morgan fingerprint density at radius 1 is 1.12 bits per heavy atom. The molecule has 1 fully saturated rings. The van der Waals surface area contributed by atoms with E-state index in [0.717, 1.165) is 29.0 Å². The van der Waals surface area contributed by atoms with Crippen LogP contribution < -0.4 is 5.32 Å². The summed E-state index contributed by atoms with van der Waals surface area (Å²) in [6.45, 7) is 4.88. The van der Waals surface area contributed by atoms with E-state index in [1.807, 2.05) is 28.8 Å². The summed E-state index contributed by atoms with van der Waals surface area (Å²) in [5, 5.41) is 2.79. The van der Waals surface area contributed by atoms with Gasteiger partial charge in [-0.3, -0.25) is 19.0 Å². The van der Waals surface area contributed by atoms with E-state index in [9.17, 15) is 9.59 Å². The van der Waals surface area contributed by atoms with Crippen molar-refractivity contribution >= 4 is 23.1 Å². The molecule has 3 aromatic heterocycles. The van der Waals surface area contributed by atoms with E-state index in [1.165, 1.54) is 6.08 Å². The lowest BCUT2D eigenvalue weighted by atomic mass is 10.1. The van der Waals surface area contributed by atoms with Crippen LogP contribution in [-0.4, -0.2) is 49.2 Å². The number of fused-ring (bicyclic) bond motifs is 1. The SMILES string of the molecule is C=CC(=O)N1CCC(c2nc(-c3ccc(C(=O)Nc4ccccn4)cc3)c3cnccn23)C1. The number of rotatable bonds is 5. The van der Waals surface area contributed by atoms with E-state index in [0.29, 0.717) is 24.5 Å². The third-order valence-electron chi connectivity index (χ3n) is 5.84. The molecule has 1 atom stereocenters. The van der Waals surface area contributed by atoms with E-state index in [2.05, 4.69) is 21.9 Å². The van der Waals surface area contributed by atoms with Crippen molar-refractivity contribution in [2.75, 3.05) is 18.4 Å². The van der Waals surface area contributed by atoms with Gasteiger partial charge in [0, 0.05) is 48.7 Å². The number of nitrogens with one attached hydrogen (secondary N) is 1. The second kappa shape index (κ2) is 8.66. The van der Waals surface area contributed by atoms with Crippen molar-refractivity contribution in [2.45, 2.75) is 12.3 Å². The summed E-state index contributed by atoms with van der Waals surface area (Å²) in [6.07, 6.45) is 9.24. The number of aromatic nitrogens is 4. The van der Waals surface area contributed by atoms with Crippen LogP contribution in [0, 0.1) is 0 Å². The molecule has 5 rings (SSSR count). The molecule has 8 nitrogen and oxygen atoms in total. The highest BCUT2D eigenvalue weighted by molar-refractivity contribution is 6.04. The number of pyridine rings is 1. The smallest absolute Gasteiger partial charge is 0.256 e. The van der Waals surface area contributed by atoms with Crippen molar-refractivity contribution in [3.05, 3.63) is 91.3 Å². The fourth-order valence-electron chi connectivity index (χ4n) is 4.17. The first kappa shape index (κ1) is 20.6. The highest BCUT2D eigenvalue weighted by Crippen LogP contribution is 2.32. The maximum absolute atomic E-state index is 12.5. The van der Waals surface area contributed by atoms with E-state index in [1.54, 1.807) is 47.8 Å². The fourth-order valence-corrected chi connectivity index (χ4v) is 4.17. The second-order valence-corrected chi connectivity index (χ2v) is 7.87. The van der Waals surface area contributed by atoms with Crippen LogP contribution >= 0.6 is 0 Å². The first-order valence-electron chi connectivity index (χ1n) is 10.7. The van der Waals surface area contributed by atoms with Crippen molar-refractivity contribution in [1.82, 2.24) is 24.3 Å². The van der Waals surface area contributed by atoms with Gasteiger partial charge in [-0.1, -0.05) is 24.8 Å². The molecule has 0 saturated carbocycles. The van der Waals surface area contributed by atoms with Gasteiger partial charge in [-0.25, -0.2) is 9.97 Å². The molecular weight excluding hydrogens is 416 g/mol. The highest BCUT2D eigenvalue weighted by Gasteiger charge is 2.30. The predicted molar refractivity (Wildman–Crippen MR) is 125 cm³/mol. The number of hydrogen-bond donors (Lipinski definition) is 1. The molecule has 0 radical (unpaired) electrons. The number of anilines is 1. The van der Waals surface area contributed by atoms with Crippen LogP contribution in [0.4, 0.5) is 5.82 Å². The summed E-state index contributed by atoms with van der Waals surface area (Å²) in [5.41, 5.74) is 3.09. The van der Waals surface area contributed by atoms with E-state index >= 15 is 0 Å². The Hall–Kier alpha value is -4.33. The minimum atomic E-state index is -0.227. The molecule has 2 amide bonds. The molecule has 33 heavy (non-hydrogen) atoms. The first-order valence-corrected chi connectivity index (χ1v) is 10.7. The molecular formula is C25H22N6O2. The van der Waals surface area contributed by atoms with Crippen LogP contribution in [0.3, 0.4) is 0 Å². The zero-order chi connectivity index (χ0) is 22.8. The molecule has 1 aliphatic rings. The molecule has 1 N–H and O–H groups in total. The van der Waals surface area contributed by atoms with E-state index in [-0.39, 0.29) is 17.7 Å². The minimum Gasteiger partial charge on any atom is -0.338 e. The molecule has 0 aliphatic carbocycles. The van der Waals surface area contributed by atoms with E-state index in [4.69, 9.17) is 4.98 Å². The van der Waals surface area contributed by atoms with Crippen LogP contribution in [0.1, 0.15) is 28.5 Å². The summed E-state index contributed by atoms with van der Waals surface area (Å²) in [4.78, 5) is 39.7. The molecule has 4 aromatic rings. The number of amides is 2. The number of imidazole rings is 1. The predicted octanol–water partition coefficient (Wildman–Crippen LogP) is 3.55. The van der Waals surface area contributed by atoms with Gasteiger partial charge in [0.15, 0.2) is 0 Å². The van der Waals surface area contributed by atoms with Crippen LogP contribution in [0.15, 0.2) is 79.9 Å². The van der Waals surface area contributed by atoms with Gasteiger partial charge in [-0.2, -0.15) is 0 Å². The Balaban J connectivity index is 1.43. The Labute approximate surface area is 190 Å². The second-order valence-electron chi connectivity index (χ2n) is 7.87. The molecule has 4 heterocycles. The van der Waals surface area contributed by atoms with Crippen molar-refractivity contribution in [3.8, 4) is 11.3 Å². The van der Waals surface area contributed by atoms with Gasteiger partial charge in [-0.05, 0) is 36.8 Å². The molecule has 164 valence electrons. The van der Waals surface area contributed by atoms with Gasteiger partial charge in [-0.15, -0.1) is 0 Å². The third kappa shape index (κ3) is 3.98. The van der Waals surface area contributed by atoms with Crippen LogP contribution in [0.25, 0.3) is 16.8 Å². The number of benzene rings is 1. The lowest BCUT2D eigenvalue weighted by Crippen LogP contribution is -2.26. The number of carbonyl (C=O) groups excluding carboxylic acids is 2. The van der Waals surface area contributed by atoms with Crippen LogP contribution in [0.2, 0.25) is 0 Å². The van der Waals surface area contributed by atoms with Gasteiger partial charge < -0.3 is 10.2 Å². The zero-order valence-electron chi connectivity index (χ0n) is 17.9. The average Bonchev–Trinajstić information content (AvgIpc) is 3.50.